The van der Waals surface area contributed by atoms with Gasteiger partial charge in [0.25, 0.3) is 0 Å². The fourth-order valence-electron chi connectivity index (χ4n) is 3.94. The summed E-state index contributed by atoms with van der Waals surface area (Å²) < 4.78 is 5.60. The number of hydrogen-bond donors (Lipinski definition) is 1. The number of anilines is 1. The van der Waals surface area contributed by atoms with E-state index in [1.165, 1.54) is 11.1 Å². The van der Waals surface area contributed by atoms with Crippen LogP contribution in [0.25, 0.3) is 0 Å². The van der Waals surface area contributed by atoms with Gasteiger partial charge in [-0.25, -0.2) is 0 Å². The van der Waals surface area contributed by atoms with Gasteiger partial charge in [-0.05, 0) is 75.0 Å². The van der Waals surface area contributed by atoms with Gasteiger partial charge in [-0.3, -0.25) is 9.69 Å². The molecular weight excluding hydrogens is 348 g/mol. The van der Waals surface area contributed by atoms with Crippen molar-refractivity contribution in [3.05, 3.63) is 59.2 Å². The van der Waals surface area contributed by atoms with Crippen LogP contribution < -0.4 is 10.1 Å². The maximum absolute atomic E-state index is 12.8. The highest BCUT2D eigenvalue weighted by Crippen LogP contribution is 2.25. The minimum atomic E-state index is 0.0929. The van der Waals surface area contributed by atoms with Crippen molar-refractivity contribution in [2.24, 2.45) is 5.92 Å². The maximum atomic E-state index is 12.8. The number of likely N-dealkylation sites (tertiary alicyclic amines) is 1. The molecule has 0 atom stereocenters. The molecule has 0 unspecified atom stereocenters. The first-order valence-corrected chi connectivity index (χ1v) is 10.4. The van der Waals surface area contributed by atoms with Gasteiger partial charge in [-0.1, -0.05) is 37.3 Å². The molecule has 0 bridgehead atoms. The topological polar surface area (TPSA) is 41.6 Å². The third-order valence-corrected chi connectivity index (χ3v) is 5.56. The Labute approximate surface area is 168 Å². The first-order valence-electron chi connectivity index (χ1n) is 10.4. The zero-order valence-corrected chi connectivity index (χ0v) is 17.3. The number of piperidine rings is 1. The Hall–Kier alpha value is -2.33. The molecule has 0 radical (unpaired) electrons. The summed E-state index contributed by atoms with van der Waals surface area (Å²) in [6, 6.07) is 14.5. The monoisotopic (exact) mass is 380 g/mol. The van der Waals surface area contributed by atoms with E-state index in [0.29, 0.717) is 6.61 Å². The number of aryl methyl sites for hydroxylation is 2. The van der Waals surface area contributed by atoms with Gasteiger partial charge in [0.05, 0.1) is 6.61 Å². The summed E-state index contributed by atoms with van der Waals surface area (Å²) in [6.45, 7) is 9.69. The molecule has 1 aliphatic rings. The first-order chi connectivity index (χ1) is 13.6. The number of ether oxygens (including phenoxy) is 1. The molecule has 0 aromatic heterocycles. The summed E-state index contributed by atoms with van der Waals surface area (Å²) in [5.41, 5.74) is 4.62. The van der Waals surface area contributed by atoms with Crippen molar-refractivity contribution in [1.82, 2.24) is 4.90 Å². The van der Waals surface area contributed by atoms with Crippen LogP contribution in [0, 0.1) is 12.8 Å². The van der Waals surface area contributed by atoms with Gasteiger partial charge in [-0.15, -0.1) is 0 Å². The van der Waals surface area contributed by atoms with E-state index >= 15 is 0 Å². The molecule has 4 nitrogen and oxygen atoms in total. The molecule has 0 spiro atoms. The lowest BCUT2D eigenvalue weighted by molar-refractivity contribution is -0.121. The summed E-state index contributed by atoms with van der Waals surface area (Å²) >= 11 is 0. The average Bonchev–Trinajstić information content (AvgIpc) is 2.70. The zero-order chi connectivity index (χ0) is 19.9. The Bertz CT molecular complexity index is 795. The Balaban J connectivity index is 1.54. The van der Waals surface area contributed by atoms with Crippen LogP contribution in [-0.4, -0.2) is 30.5 Å². The van der Waals surface area contributed by atoms with E-state index in [0.717, 1.165) is 55.9 Å². The number of carbonyl (C=O) groups is 1. The fourth-order valence-corrected chi connectivity index (χ4v) is 3.94. The molecule has 0 saturated carbocycles. The Morgan fingerprint density at radius 3 is 2.61 bits per heavy atom. The fraction of sp³-hybridized carbons (Fsp3) is 0.458. The van der Waals surface area contributed by atoms with Crippen molar-refractivity contribution in [2.75, 3.05) is 25.0 Å². The van der Waals surface area contributed by atoms with Crippen LogP contribution in [-0.2, 0) is 17.8 Å². The highest BCUT2D eigenvalue weighted by atomic mass is 16.5. The molecule has 1 saturated heterocycles. The molecule has 28 heavy (non-hydrogen) atoms. The molecule has 1 N–H and O–H groups in total. The second-order valence-corrected chi connectivity index (χ2v) is 7.58. The van der Waals surface area contributed by atoms with Crippen molar-refractivity contribution in [3.63, 3.8) is 0 Å². The van der Waals surface area contributed by atoms with Gasteiger partial charge in [0, 0.05) is 18.2 Å². The molecule has 2 aromatic carbocycles. The van der Waals surface area contributed by atoms with E-state index in [1.54, 1.807) is 0 Å². The van der Waals surface area contributed by atoms with Gasteiger partial charge >= 0.3 is 0 Å². The smallest absolute Gasteiger partial charge is 0.227 e. The number of benzene rings is 2. The number of nitrogens with one attached hydrogen (secondary N) is 1. The Kier molecular flexibility index (Phi) is 7.10. The number of rotatable bonds is 7. The summed E-state index contributed by atoms with van der Waals surface area (Å²) in [5.74, 6) is 1.19. The highest BCUT2D eigenvalue weighted by molar-refractivity contribution is 5.94. The lowest BCUT2D eigenvalue weighted by atomic mass is 9.95. The van der Waals surface area contributed by atoms with Crippen LogP contribution in [0.1, 0.15) is 43.4 Å². The van der Waals surface area contributed by atoms with E-state index in [9.17, 15) is 4.79 Å². The number of nitrogens with zero attached hydrogens (tertiary/aromatic N) is 1. The van der Waals surface area contributed by atoms with E-state index in [4.69, 9.17) is 4.74 Å². The van der Waals surface area contributed by atoms with Crippen molar-refractivity contribution in [1.29, 1.82) is 0 Å². The average molecular weight is 381 g/mol. The second kappa shape index (κ2) is 9.74. The summed E-state index contributed by atoms with van der Waals surface area (Å²) in [6.07, 6.45) is 2.74. The lowest BCUT2D eigenvalue weighted by Gasteiger charge is -2.31. The van der Waals surface area contributed by atoms with Crippen molar-refractivity contribution in [3.8, 4) is 5.75 Å². The van der Waals surface area contributed by atoms with E-state index in [1.807, 2.05) is 19.1 Å². The molecule has 4 heteroatoms. The Morgan fingerprint density at radius 2 is 1.89 bits per heavy atom. The summed E-state index contributed by atoms with van der Waals surface area (Å²) in [4.78, 5) is 15.3. The minimum absolute atomic E-state index is 0.0929. The maximum Gasteiger partial charge on any atom is 0.227 e. The van der Waals surface area contributed by atoms with Gasteiger partial charge in [0.15, 0.2) is 0 Å². The summed E-state index contributed by atoms with van der Waals surface area (Å²) in [5, 5.41) is 3.21. The van der Waals surface area contributed by atoms with E-state index < -0.39 is 0 Å². The largest absolute Gasteiger partial charge is 0.494 e. The van der Waals surface area contributed by atoms with Gasteiger partial charge in [-0.2, -0.15) is 0 Å². The molecule has 2 aromatic rings. The van der Waals surface area contributed by atoms with Crippen LogP contribution in [0.3, 0.4) is 0 Å². The number of carbonyl (C=O) groups excluding carboxylic acids is 1. The van der Waals surface area contributed by atoms with Crippen molar-refractivity contribution in [2.45, 2.75) is 46.6 Å². The van der Waals surface area contributed by atoms with Crippen LogP contribution in [0.5, 0.6) is 5.75 Å². The van der Waals surface area contributed by atoms with Crippen LogP contribution in [0.15, 0.2) is 42.5 Å². The quantitative estimate of drug-likeness (QED) is 0.750. The normalized spacial score (nSPS) is 15.4. The van der Waals surface area contributed by atoms with E-state index in [2.05, 4.69) is 54.4 Å². The highest BCUT2D eigenvalue weighted by Gasteiger charge is 2.25. The summed E-state index contributed by atoms with van der Waals surface area (Å²) in [7, 11) is 0. The predicted octanol–water partition coefficient (Wildman–Crippen LogP) is 4.81. The molecular formula is C24H32N2O2. The van der Waals surface area contributed by atoms with Crippen LogP contribution >= 0.6 is 0 Å². The number of hydrogen-bond acceptors (Lipinski definition) is 3. The third-order valence-electron chi connectivity index (χ3n) is 5.56. The van der Waals surface area contributed by atoms with E-state index in [-0.39, 0.29) is 11.8 Å². The standard InChI is InChI=1S/C24H32N2O2/c1-4-20-10-6-8-18(3)23(20)25-24(27)21-12-14-26(15-13-21)17-19-9-7-11-22(16-19)28-5-2/h6-11,16,21H,4-5,12-15,17H2,1-3H3,(H,25,27). The molecule has 1 fully saturated rings. The number of amides is 1. The number of para-hydroxylation sites is 1. The first kappa shape index (κ1) is 20.4. The molecule has 1 amide bonds. The molecule has 150 valence electrons. The van der Waals surface area contributed by atoms with Gasteiger partial charge < -0.3 is 10.1 Å². The Morgan fingerprint density at radius 1 is 1.14 bits per heavy atom. The molecule has 1 aliphatic heterocycles. The third kappa shape index (κ3) is 5.14. The van der Waals surface area contributed by atoms with Crippen molar-refractivity contribution >= 4 is 11.6 Å². The van der Waals surface area contributed by atoms with Gasteiger partial charge in [0.1, 0.15) is 5.75 Å². The zero-order valence-electron chi connectivity index (χ0n) is 17.3. The van der Waals surface area contributed by atoms with Crippen LogP contribution in [0.2, 0.25) is 0 Å². The van der Waals surface area contributed by atoms with Crippen LogP contribution in [0.4, 0.5) is 5.69 Å². The van der Waals surface area contributed by atoms with Gasteiger partial charge in [0.2, 0.25) is 5.91 Å². The SMILES string of the molecule is CCOc1cccc(CN2CCC(C(=O)Nc3c(C)cccc3CC)CC2)c1. The second-order valence-electron chi connectivity index (χ2n) is 7.58. The lowest BCUT2D eigenvalue weighted by Crippen LogP contribution is -2.38. The predicted molar refractivity (Wildman–Crippen MR) is 115 cm³/mol. The minimum Gasteiger partial charge on any atom is -0.494 e. The van der Waals surface area contributed by atoms with Crippen molar-refractivity contribution < 1.29 is 9.53 Å². The molecule has 3 rings (SSSR count). The molecule has 1 heterocycles. The molecule has 0 aliphatic carbocycles.